The topological polar surface area (TPSA) is 86.1 Å². The molecule has 0 aromatic carbocycles. The second-order valence-electron chi connectivity index (χ2n) is 4.14. The van der Waals surface area contributed by atoms with E-state index in [1.807, 2.05) is 0 Å². The molecule has 0 saturated carbocycles. The average Bonchev–Trinajstić information content (AvgIpc) is 2.48. The molecule has 0 unspecified atom stereocenters. The molecular formula is C13H13ClN4O3. The normalized spacial score (nSPS) is 10.4. The lowest BCUT2D eigenvalue weighted by molar-refractivity contribution is 0.102. The third kappa shape index (κ3) is 4.11. The van der Waals surface area contributed by atoms with Gasteiger partial charge in [-0.15, -0.1) is 10.2 Å². The van der Waals surface area contributed by atoms with E-state index in [2.05, 4.69) is 15.5 Å². The maximum atomic E-state index is 12.0. The number of rotatable bonds is 5. The molecule has 2 rings (SSSR count). The first-order valence-electron chi connectivity index (χ1n) is 6.10. The molecule has 0 saturated heterocycles. The minimum Gasteiger partial charge on any atom is -0.383 e. The van der Waals surface area contributed by atoms with Crippen molar-refractivity contribution < 1.29 is 9.53 Å². The number of hydrogen-bond donors (Lipinski definition) is 1. The fourth-order valence-corrected chi connectivity index (χ4v) is 1.70. The van der Waals surface area contributed by atoms with Crippen LogP contribution in [0, 0.1) is 0 Å². The Kier molecular flexibility index (Phi) is 5.02. The Hall–Kier alpha value is -2.25. The number of aromatic nitrogens is 3. The summed E-state index contributed by atoms with van der Waals surface area (Å²) in [4.78, 5) is 23.6. The third-order valence-corrected chi connectivity index (χ3v) is 2.84. The van der Waals surface area contributed by atoms with Gasteiger partial charge in [-0.1, -0.05) is 11.6 Å². The van der Waals surface area contributed by atoms with E-state index in [1.165, 1.54) is 28.8 Å². The molecule has 2 aromatic rings. The number of halogens is 1. The van der Waals surface area contributed by atoms with E-state index in [9.17, 15) is 9.59 Å². The lowest BCUT2D eigenvalue weighted by Gasteiger charge is -2.08. The van der Waals surface area contributed by atoms with Gasteiger partial charge in [-0.25, -0.2) is 0 Å². The van der Waals surface area contributed by atoms with Crippen molar-refractivity contribution in [3.63, 3.8) is 0 Å². The van der Waals surface area contributed by atoms with Crippen LogP contribution in [0.5, 0.6) is 0 Å². The molecular weight excluding hydrogens is 296 g/mol. The first kappa shape index (κ1) is 15.1. The summed E-state index contributed by atoms with van der Waals surface area (Å²) in [7, 11) is 1.55. The van der Waals surface area contributed by atoms with E-state index in [0.717, 1.165) is 0 Å². The molecule has 0 spiro atoms. The number of carbonyl (C=O) groups is 1. The van der Waals surface area contributed by atoms with Gasteiger partial charge in [0.1, 0.15) is 0 Å². The molecule has 0 aliphatic carbocycles. The molecule has 2 aromatic heterocycles. The number of nitrogens with zero attached hydrogens (tertiary/aromatic N) is 3. The largest absolute Gasteiger partial charge is 0.383 e. The van der Waals surface area contributed by atoms with Crippen molar-refractivity contribution in [1.29, 1.82) is 0 Å². The first-order chi connectivity index (χ1) is 10.1. The van der Waals surface area contributed by atoms with Crippen molar-refractivity contribution in [3.05, 3.63) is 51.7 Å². The Morgan fingerprint density at radius 1 is 1.33 bits per heavy atom. The van der Waals surface area contributed by atoms with Crippen LogP contribution in [0.2, 0.25) is 5.15 Å². The Morgan fingerprint density at radius 2 is 2.14 bits per heavy atom. The molecule has 2 heterocycles. The van der Waals surface area contributed by atoms with Crippen molar-refractivity contribution in [3.8, 4) is 0 Å². The van der Waals surface area contributed by atoms with Gasteiger partial charge in [0.05, 0.1) is 12.3 Å². The van der Waals surface area contributed by atoms with Gasteiger partial charge in [-0.05, 0) is 18.2 Å². The van der Waals surface area contributed by atoms with E-state index in [1.54, 1.807) is 13.3 Å². The van der Waals surface area contributed by atoms with Crippen LogP contribution in [0.15, 0.2) is 35.3 Å². The Labute approximate surface area is 125 Å². The highest BCUT2D eigenvalue weighted by molar-refractivity contribution is 6.29. The smallest absolute Gasteiger partial charge is 0.276 e. The van der Waals surface area contributed by atoms with Crippen molar-refractivity contribution in [1.82, 2.24) is 14.8 Å². The van der Waals surface area contributed by atoms with Gasteiger partial charge in [0.15, 0.2) is 10.8 Å². The number of nitrogens with one attached hydrogen (secondary N) is 1. The Bertz CT molecular complexity index is 685. The van der Waals surface area contributed by atoms with E-state index in [0.29, 0.717) is 18.8 Å². The summed E-state index contributed by atoms with van der Waals surface area (Å²) < 4.78 is 6.38. The van der Waals surface area contributed by atoms with Crippen LogP contribution < -0.4 is 10.9 Å². The molecule has 0 bridgehead atoms. The monoisotopic (exact) mass is 308 g/mol. The maximum Gasteiger partial charge on any atom is 0.276 e. The highest BCUT2D eigenvalue weighted by Gasteiger charge is 2.09. The third-order valence-electron chi connectivity index (χ3n) is 2.64. The summed E-state index contributed by atoms with van der Waals surface area (Å²) in [5, 5.41) is 10.1. The van der Waals surface area contributed by atoms with E-state index < -0.39 is 5.91 Å². The standard InChI is InChI=1S/C13H13ClN4O3/c1-21-7-6-18-8-9(2-5-12(18)19)15-13(20)10-3-4-11(14)17-16-10/h2-5,8H,6-7H2,1H3,(H,15,20). The number of anilines is 1. The molecule has 1 amide bonds. The van der Waals surface area contributed by atoms with Crippen LogP contribution in [0.1, 0.15) is 10.5 Å². The number of amides is 1. The number of hydrogen-bond acceptors (Lipinski definition) is 5. The number of carbonyl (C=O) groups excluding carboxylic acids is 1. The molecule has 8 heteroatoms. The number of pyridine rings is 1. The highest BCUT2D eigenvalue weighted by atomic mass is 35.5. The van der Waals surface area contributed by atoms with Gasteiger partial charge in [0, 0.05) is 25.9 Å². The predicted molar refractivity (Wildman–Crippen MR) is 77.6 cm³/mol. The van der Waals surface area contributed by atoms with Crippen molar-refractivity contribution >= 4 is 23.2 Å². The Morgan fingerprint density at radius 3 is 2.81 bits per heavy atom. The molecule has 0 radical (unpaired) electrons. The van der Waals surface area contributed by atoms with Crippen LogP contribution >= 0.6 is 11.6 Å². The summed E-state index contributed by atoms with van der Waals surface area (Å²) in [6.45, 7) is 0.805. The van der Waals surface area contributed by atoms with Gasteiger partial charge in [-0.3, -0.25) is 9.59 Å². The van der Waals surface area contributed by atoms with Crippen molar-refractivity contribution in [2.45, 2.75) is 6.54 Å². The fraction of sp³-hybridized carbons (Fsp3) is 0.231. The SMILES string of the molecule is COCCn1cc(NC(=O)c2ccc(Cl)nn2)ccc1=O. The van der Waals surface area contributed by atoms with Gasteiger partial charge in [-0.2, -0.15) is 0 Å². The average molecular weight is 309 g/mol. The lowest BCUT2D eigenvalue weighted by Crippen LogP contribution is -2.22. The molecule has 0 fully saturated rings. The molecule has 7 nitrogen and oxygen atoms in total. The van der Waals surface area contributed by atoms with E-state index in [4.69, 9.17) is 16.3 Å². The summed E-state index contributed by atoms with van der Waals surface area (Å²) in [6.07, 6.45) is 1.54. The zero-order valence-corrected chi connectivity index (χ0v) is 12.0. The first-order valence-corrected chi connectivity index (χ1v) is 6.48. The lowest BCUT2D eigenvalue weighted by atomic mass is 10.3. The summed E-state index contributed by atoms with van der Waals surface area (Å²) in [6, 6.07) is 5.83. The maximum absolute atomic E-state index is 12.0. The molecule has 110 valence electrons. The fourth-order valence-electron chi connectivity index (χ4n) is 1.60. The van der Waals surface area contributed by atoms with Gasteiger partial charge in [0.25, 0.3) is 11.5 Å². The van der Waals surface area contributed by atoms with Crippen LogP contribution in [0.4, 0.5) is 5.69 Å². The van der Waals surface area contributed by atoms with E-state index in [-0.39, 0.29) is 16.4 Å². The molecule has 0 aliphatic rings. The van der Waals surface area contributed by atoms with Crippen LogP contribution in [-0.2, 0) is 11.3 Å². The number of methoxy groups -OCH3 is 1. The second-order valence-corrected chi connectivity index (χ2v) is 4.52. The predicted octanol–water partition coefficient (Wildman–Crippen LogP) is 1.19. The van der Waals surface area contributed by atoms with Gasteiger partial charge in [0.2, 0.25) is 0 Å². The van der Waals surface area contributed by atoms with E-state index >= 15 is 0 Å². The van der Waals surface area contributed by atoms with Crippen molar-refractivity contribution in [2.75, 3.05) is 19.0 Å². The van der Waals surface area contributed by atoms with Crippen LogP contribution in [0.3, 0.4) is 0 Å². The zero-order chi connectivity index (χ0) is 15.2. The second kappa shape index (κ2) is 6.96. The minimum absolute atomic E-state index is 0.133. The Balaban J connectivity index is 2.13. The van der Waals surface area contributed by atoms with Crippen molar-refractivity contribution in [2.24, 2.45) is 0 Å². The molecule has 1 N–H and O–H groups in total. The van der Waals surface area contributed by atoms with Crippen LogP contribution in [0.25, 0.3) is 0 Å². The highest BCUT2D eigenvalue weighted by Crippen LogP contribution is 2.07. The minimum atomic E-state index is -0.434. The summed E-state index contributed by atoms with van der Waals surface area (Å²) in [5.74, 6) is -0.434. The van der Waals surface area contributed by atoms with Gasteiger partial charge >= 0.3 is 0 Å². The molecule has 0 atom stereocenters. The summed E-state index contributed by atoms with van der Waals surface area (Å²) >= 11 is 5.61. The number of ether oxygens (including phenoxy) is 1. The quantitative estimate of drug-likeness (QED) is 0.896. The van der Waals surface area contributed by atoms with Crippen LogP contribution in [-0.4, -0.2) is 34.4 Å². The van der Waals surface area contributed by atoms with Gasteiger partial charge < -0.3 is 14.6 Å². The molecule has 21 heavy (non-hydrogen) atoms. The zero-order valence-electron chi connectivity index (χ0n) is 11.2. The summed E-state index contributed by atoms with van der Waals surface area (Å²) in [5.41, 5.74) is 0.442. The molecule has 0 aliphatic heterocycles.